The third-order valence-electron chi connectivity index (χ3n) is 15.8. The van der Waals surface area contributed by atoms with Crippen LogP contribution in [-0.2, 0) is 0 Å². The Morgan fingerprint density at radius 3 is 1.34 bits per heavy atom. The number of furan rings is 2. The number of hydrogen-bond donors (Lipinski definition) is 0. The van der Waals surface area contributed by atoms with E-state index in [0.717, 1.165) is 111 Å². The first-order chi connectivity index (χ1) is 37.7. The second-order valence-corrected chi connectivity index (χ2v) is 20.0. The minimum absolute atomic E-state index is 0.896. The van der Waals surface area contributed by atoms with Crippen LogP contribution in [-0.4, -0.2) is 4.57 Å². The molecule has 0 saturated heterocycles. The molecule has 0 radical (unpaired) electrons. The van der Waals surface area contributed by atoms with Crippen molar-refractivity contribution >= 4 is 115 Å². The van der Waals surface area contributed by atoms with Gasteiger partial charge in [0.2, 0.25) is 0 Å². The van der Waals surface area contributed by atoms with Gasteiger partial charge in [-0.05, 0) is 157 Å². The van der Waals surface area contributed by atoms with Gasteiger partial charge in [0.05, 0.1) is 11.0 Å². The molecule has 0 aliphatic heterocycles. The molecule has 0 saturated carbocycles. The smallest absolute Gasteiger partial charge is 0.143 e. The fourth-order valence-electron chi connectivity index (χ4n) is 12.2. The Balaban J connectivity index is 0.822. The lowest BCUT2D eigenvalue weighted by molar-refractivity contribution is 0.669. The molecule has 0 atom stereocenters. The lowest BCUT2D eigenvalue weighted by Gasteiger charge is -2.26. The molecular weight excluding hydrogens is 925 g/mol. The molecule has 16 aromatic rings. The molecule has 16 rings (SSSR count). The van der Waals surface area contributed by atoms with E-state index in [1.54, 1.807) is 0 Å². The van der Waals surface area contributed by atoms with Gasteiger partial charge in [-0.15, -0.1) is 0 Å². The Bertz CT molecular complexity index is 4950. The lowest BCUT2D eigenvalue weighted by Crippen LogP contribution is -2.09. The molecule has 3 heterocycles. The minimum atomic E-state index is 0.896. The van der Waals surface area contributed by atoms with Crippen molar-refractivity contribution in [2.75, 3.05) is 4.90 Å². The van der Waals surface area contributed by atoms with Crippen molar-refractivity contribution in [1.29, 1.82) is 0 Å². The maximum absolute atomic E-state index is 6.44. The van der Waals surface area contributed by atoms with Crippen molar-refractivity contribution in [3.63, 3.8) is 0 Å². The normalized spacial score (nSPS) is 11.9. The zero-order chi connectivity index (χ0) is 49.8. The van der Waals surface area contributed by atoms with Crippen LogP contribution in [0.1, 0.15) is 0 Å². The van der Waals surface area contributed by atoms with Gasteiger partial charge in [-0.2, -0.15) is 0 Å². The summed E-state index contributed by atoms with van der Waals surface area (Å²) in [7, 11) is 0. The number of para-hydroxylation sites is 4. The third kappa shape index (κ3) is 6.57. The van der Waals surface area contributed by atoms with Crippen LogP contribution >= 0.6 is 0 Å². The number of aromatic nitrogens is 1. The first kappa shape index (κ1) is 42.4. The van der Waals surface area contributed by atoms with Gasteiger partial charge in [0.15, 0.2) is 0 Å². The molecule has 354 valence electrons. The van der Waals surface area contributed by atoms with E-state index in [9.17, 15) is 0 Å². The average Bonchev–Trinajstić information content (AvgIpc) is 4.20. The molecule has 0 aliphatic rings. The second-order valence-electron chi connectivity index (χ2n) is 20.0. The molecule has 0 spiro atoms. The Kier molecular flexibility index (Phi) is 9.30. The zero-order valence-electron chi connectivity index (χ0n) is 41.1. The Morgan fingerprint density at radius 1 is 0.250 bits per heavy atom. The summed E-state index contributed by atoms with van der Waals surface area (Å²) in [6.45, 7) is 0. The van der Waals surface area contributed by atoms with Crippen molar-refractivity contribution in [3.8, 4) is 39.1 Å². The summed E-state index contributed by atoms with van der Waals surface area (Å²) in [6.07, 6.45) is 0. The van der Waals surface area contributed by atoms with Crippen LogP contribution in [0.3, 0.4) is 0 Å². The number of fused-ring (bicyclic) bond motifs is 15. The minimum Gasteiger partial charge on any atom is -0.456 e. The van der Waals surface area contributed by atoms with Gasteiger partial charge in [-0.3, -0.25) is 0 Å². The monoisotopic (exact) mass is 968 g/mol. The van der Waals surface area contributed by atoms with E-state index in [2.05, 4.69) is 252 Å². The average molecular weight is 969 g/mol. The van der Waals surface area contributed by atoms with Crippen LogP contribution in [0, 0.1) is 0 Å². The van der Waals surface area contributed by atoms with E-state index in [0.29, 0.717) is 0 Å². The summed E-state index contributed by atoms with van der Waals surface area (Å²) < 4.78 is 15.1. The molecule has 0 fully saturated rings. The number of benzene rings is 13. The van der Waals surface area contributed by atoms with E-state index in [4.69, 9.17) is 8.83 Å². The zero-order valence-corrected chi connectivity index (χ0v) is 41.1. The summed E-state index contributed by atoms with van der Waals surface area (Å²) in [6, 6.07) is 96.6. The predicted molar refractivity (Wildman–Crippen MR) is 319 cm³/mol. The van der Waals surface area contributed by atoms with Crippen LogP contribution in [0.5, 0.6) is 0 Å². The highest BCUT2D eigenvalue weighted by molar-refractivity contribution is 6.26. The molecule has 0 amide bonds. The van der Waals surface area contributed by atoms with Gasteiger partial charge < -0.3 is 18.3 Å². The molecule has 0 N–H and O–H groups in total. The Labute approximate surface area is 437 Å². The van der Waals surface area contributed by atoms with Crippen molar-refractivity contribution in [3.05, 3.63) is 267 Å². The Morgan fingerprint density at radius 2 is 0.697 bits per heavy atom. The number of anilines is 3. The lowest BCUT2D eigenvalue weighted by atomic mass is 9.94. The maximum Gasteiger partial charge on any atom is 0.143 e. The third-order valence-corrected chi connectivity index (χ3v) is 15.8. The highest BCUT2D eigenvalue weighted by Crippen LogP contribution is 2.43. The molecule has 4 nitrogen and oxygen atoms in total. The van der Waals surface area contributed by atoms with Crippen LogP contribution in [0.25, 0.3) is 137 Å². The van der Waals surface area contributed by atoms with Crippen molar-refractivity contribution in [2.24, 2.45) is 0 Å². The standard InChI is InChI=1S/C72H44N2O2/c1-2-13-50(14-3-1)73(52-34-27-46(28-35-52)54-21-12-22-62-60-19-8-11-24-70(60)76-72(54)62)51-32-25-45(26-33-51)47-29-38-67-64(41-47)65-42-48(49-31-40-71-66(43-49)61-20-9-10-23-69(61)75-71)30-39-68(65)74(67)53-36-37-59-57-17-5-4-15-55(57)56-16-6-7-18-58(56)63(59)44-53/h1-44H. The van der Waals surface area contributed by atoms with Gasteiger partial charge >= 0.3 is 0 Å². The highest BCUT2D eigenvalue weighted by atomic mass is 16.3. The van der Waals surface area contributed by atoms with Crippen molar-refractivity contribution in [2.45, 2.75) is 0 Å². The van der Waals surface area contributed by atoms with E-state index >= 15 is 0 Å². The fraction of sp³-hybridized carbons (Fsp3) is 0. The van der Waals surface area contributed by atoms with E-state index < -0.39 is 0 Å². The largest absolute Gasteiger partial charge is 0.456 e. The molecule has 4 heteroatoms. The highest BCUT2D eigenvalue weighted by Gasteiger charge is 2.20. The van der Waals surface area contributed by atoms with Gasteiger partial charge in [-0.1, -0.05) is 170 Å². The van der Waals surface area contributed by atoms with Crippen molar-refractivity contribution in [1.82, 2.24) is 4.57 Å². The SMILES string of the molecule is c1ccc(N(c2ccc(-c3ccc4c(c3)c3cc(-c5ccc6oc7ccccc7c6c5)ccc3n4-c3ccc4c5ccccc5c5ccccc5c4c3)cc2)c2ccc(-c3cccc4c3oc3ccccc34)cc2)cc1. The quantitative estimate of drug-likeness (QED) is 0.149. The van der Waals surface area contributed by atoms with E-state index in [1.807, 2.05) is 24.3 Å². The summed E-state index contributed by atoms with van der Waals surface area (Å²) >= 11 is 0. The molecule has 0 unspecified atom stereocenters. The molecule has 0 aliphatic carbocycles. The van der Waals surface area contributed by atoms with Gasteiger partial charge in [0.1, 0.15) is 22.3 Å². The van der Waals surface area contributed by atoms with Crippen LogP contribution in [0.4, 0.5) is 17.1 Å². The number of hydrogen-bond acceptors (Lipinski definition) is 3. The van der Waals surface area contributed by atoms with Gasteiger partial charge in [0.25, 0.3) is 0 Å². The van der Waals surface area contributed by atoms with Crippen LogP contribution in [0.15, 0.2) is 276 Å². The van der Waals surface area contributed by atoms with Crippen LogP contribution < -0.4 is 4.90 Å². The van der Waals surface area contributed by atoms with Crippen molar-refractivity contribution < 1.29 is 8.83 Å². The maximum atomic E-state index is 6.44. The molecule has 0 bridgehead atoms. The predicted octanol–water partition coefficient (Wildman–Crippen LogP) is 20.5. The van der Waals surface area contributed by atoms with E-state index in [-0.39, 0.29) is 0 Å². The molecule has 76 heavy (non-hydrogen) atoms. The summed E-state index contributed by atoms with van der Waals surface area (Å²) in [5.74, 6) is 0. The molecule has 13 aromatic carbocycles. The summed E-state index contributed by atoms with van der Waals surface area (Å²) in [4.78, 5) is 2.33. The first-order valence-electron chi connectivity index (χ1n) is 26.0. The number of rotatable bonds is 7. The summed E-state index contributed by atoms with van der Waals surface area (Å²) in [5.41, 5.74) is 17.1. The number of nitrogens with zero attached hydrogens (tertiary/aromatic N) is 2. The summed E-state index contributed by atoms with van der Waals surface area (Å²) in [5, 5.41) is 14.5. The topological polar surface area (TPSA) is 34.5 Å². The van der Waals surface area contributed by atoms with E-state index in [1.165, 1.54) is 43.1 Å². The first-order valence-corrected chi connectivity index (χ1v) is 26.0. The molecular formula is C72H44N2O2. The van der Waals surface area contributed by atoms with Gasteiger partial charge in [-0.25, -0.2) is 0 Å². The second kappa shape index (κ2) is 16.7. The molecule has 3 aromatic heterocycles. The fourth-order valence-corrected chi connectivity index (χ4v) is 12.2. The van der Waals surface area contributed by atoms with Gasteiger partial charge in [0, 0.05) is 60.6 Å². The Hall–Kier alpha value is -10.2. The van der Waals surface area contributed by atoms with Crippen LogP contribution in [0.2, 0.25) is 0 Å².